The molecule has 6 amide bonds. The first-order valence-electron chi connectivity index (χ1n) is 20.6. The van der Waals surface area contributed by atoms with E-state index in [1.54, 1.807) is 25.3 Å². The predicted octanol–water partition coefficient (Wildman–Crippen LogP) is 2.40. The highest BCUT2D eigenvalue weighted by Gasteiger charge is 2.50. The fourth-order valence-electron chi connectivity index (χ4n) is 9.80. The molecule has 1 aromatic heterocycles. The van der Waals surface area contributed by atoms with E-state index < -0.39 is 35.6 Å². The van der Waals surface area contributed by atoms with Crippen molar-refractivity contribution in [2.24, 2.45) is 17.1 Å². The molecule has 2 atom stereocenters. The van der Waals surface area contributed by atoms with Gasteiger partial charge in [-0.2, -0.15) is 0 Å². The molecule has 0 aliphatic carbocycles. The lowest BCUT2D eigenvalue weighted by molar-refractivity contribution is -0.140. The van der Waals surface area contributed by atoms with E-state index in [0.29, 0.717) is 28.9 Å². The van der Waals surface area contributed by atoms with Crippen molar-refractivity contribution in [2.75, 3.05) is 67.5 Å². The number of piperidine rings is 4. The number of fused-ring (bicyclic) bond motifs is 1. The van der Waals surface area contributed by atoms with Crippen molar-refractivity contribution in [1.82, 2.24) is 30.0 Å². The number of aromatic nitrogens is 2. The van der Waals surface area contributed by atoms with Gasteiger partial charge in [0.15, 0.2) is 11.5 Å². The average Bonchev–Trinajstić information content (AvgIpc) is 3.66. The Morgan fingerprint density at radius 1 is 0.983 bits per heavy atom. The molecule has 5 fully saturated rings. The van der Waals surface area contributed by atoms with Crippen molar-refractivity contribution in [3.63, 3.8) is 0 Å². The van der Waals surface area contributed by atoms with Crippen molar-refractivity contribution < 1.29 is 28.8 Å². The predicted molar refractivity (Wildman–Crippen MR) is 222 cm³/mol. The summed E-state index contributed by atoms with van der Waals surface area (Å²) >= 11 is 4.37. The SMILES string of the molecule is CC(=N)/C=C(\S)Nc1nc(N2CCCC(N3CCC4(CCN(CC5CCN(c6ccc7c(c6)C(=O)N(C6CCC(=O)NC6=O)C7=O)CC5)CC4)C3=O)C2)cnc1C(N)=O. The number of benzene rings is 1. The smallest absolute Gasteiger partial charge is 0.271 e. The topological polar surface area (TPSA) is 218 Å². The van der Waals surface area contributed by atoms with E-state index in [1.165, 1.54) is 6.08 Å². The lowest BCUT2D eigenvalue weighted by Gasteiger charge is -2.42. The van der Waals surface area contributed by atoms with Gasteiger partial charge in [0.2, 0.25) is 17.7 Å². The van der Waals surface area contributed by atoms with Crippen LogP contribution in [0.15, 0.2) is 35.5 Å². The van der Waals surface area contributed by atoms with Gasteiger partial charge in [-0.3, -0.25) is 39.0 Å². The Balaban J connectivity index is 0.825. The number of anilines is 3. The summed E-state index contributed by atoms with van der Waals surface area (Å²) in [6, 6.07) is 4.38. The van der Waals surface area contributed by atoms with Gasteiger partial charge < -0.3 is 36.1 Å². The number of imide groups is 2. The second-order valence-corrected chi connectivity index (χ2v) is 17.3. The van der Waals surface area contributed by atoms with E-state index in [2.05, 4.69) is 52.8 Å². The van der Waals surface area contributed by atoms with Crippen LogP contribution in [-0.2, 0) is 14.4 Å². The van der Waals surface area contributed by atoms with Gasteiger partial charge in [-0.25, -0.2) is 9.97 Å². The van der Waals surface area contributed by atoms with Crippen LogP contribution in [0.2, 0.25) is 0 Å². The van der Waals surface area contributed by atoms with Gasteiger partial charge in [0.25, 0.3) is 17.7 Å². The number of carbonyl (C=O) groups excluding carboxylic acids is 6. The molecule has 0 radical (unpaired) electrons. The van der Waals surface area contributed by atoms with Crippen LogP contribution in [0, 0.1) is 16.7 Å². The van der Waals surface area contributed by atoms with E-state index in [4.69, 9.17) is 11.1 Å². The molecule has 6 aliphatic rings. The van der Waals surface area contributed by atoms with E-state index in [-0.39, 0.29) is 53.0 Å². The summed E-state index contributed by atoms with van der Waals surface area (Å²) < 4.78 is 0. The van der Waals surface area contributed by atoms with Gasteiger partial charge in [-0.05, 0) is 102 Å². The first kappa shape index (κ1) is 40.4. The molecule has 7 heterocycles. The lowest BCUT2D eigenvalue weighted by Crippen LogP contribution is -2.54. The van der Waals surface area contributed by atoms with Crippen LogP contribution < -0.4 is 26.2 Å². The van der Waals surface area contributed by atoms with Crippen LogP contribution >= 0.6 is 12.6 Å². The Kier molecular flexibility index (Phi) is 11.2. The van der Waals surface area contributed by atoms with Gasteiger partial charge in [0.1, 0.15) is 11.9 Å². The number of amides is 6. The summed E-state index contributed by atoms with van der Waals surface area (Å²) in [6.07, 6.45) is 9.57. The minimum atomic E-state index is -0.984. The molecule has 6 aliphatic heterocycles. The number of hydrogen-bond donors (Lipinski definition) is 5. The molecule has 1 aromatic carbocycles. The zero-order valence-electron chi connectivity index (χ0n) is 33.2. The third-order valence-electron chi connectivity index (χ3n) is 13.0. The molecule has 8 rings (SSSR count). The van der Waals surface area contributed by atoms with Crippen molar-refractivity contribution >= 4 is 71.1 Å². The minimum Gasteiger partial charge on any atom is -0.371 e. The molecule has 2 aromatic rings. The summed E-state index contributed by atoms with van der Waals surface area (Å²) in [6.45, 7) is 8.10. The van der Waals surface area contributed by atoms with Crippen LogP contribution in [0.5, 0.6) is 0 Å². The standard InChI is InChI=1S/C41H51N11O6S/c1-24(42)19-33(59)47-36-34(35(43)54)44-21-31(45-36)50-13-2-3-27(23-50)51-18-12-41(40(51)58)10-16-48(17-11-41)22-25-8-14-49(15-9-25)26-4-5-28-29(20-26)39(57)52(38(28)56)30-6-7-32(53)46-37(30)55/h4-5,19-21,25,27,30,42,59H,2-3,6-18,22-23H2,1H3,(H2,43,54)(H,45,47)(H,46,53,55)/b33-19-,42-24?. The van der Waals surface area contributed by atoms with Crippen LogP contribution in [0.25, 0.3) is 0 Å². The number of primary amides is 1. The minimum absolute atomic E-state index is 0.0190. The Labute approximate surface area is 348 Å². The Hall–Kier alpha value is -5.36. The molecule has 59 heavy (non-hydrogen) atoms. The summed E-state index contributed by atoms with van der Waals surface area (Å²) in [7, 11) is 0. The van der Waals surface area contributed by atoms with Gasteiger partial charge in [0.05, 0.1) is 27.8 Å². The number of carbonyl (C=O) groups is 6. The number of thiol groups is 1. The average molecular weight is 826 g/mol. The molecule has 5 N–H and O–H groups in total. The molecule has 312 valence electrons. The lowest BCUT2D eigenvalue weighted by atomic mass is 9.76. The zero-order valence-corrected chi connectivity index (χ0v) is 34.1. The van der Waals surface area contributed by atoms with Crippen molar-refractivity contribution in [3.05, 3.63) is 52.3 Å². The molecule has 1 spiro atoms. The van der Waals surface area contributed by atoms with Crippen LogP contribution in [0.4, 0.5) is 17.3 Å². The maximum absolute atomic E-state index is 14.2. The van der Waals surface area contributed by atoms with Crippen LogP contribution in [0.3, 0.4) is 0 Å². The third kappa shape index (κ3) is 8.03. The summed E-state index contributed by atoms with van der Waals surface area (Å²) in [5.41, 5.74) is 6.97. The summed E-state index contributed by atoms with van der Waals surface area (Å²) in [5, 5.41) is 13.2. The van der Waals surface area contributed by atoms with E-state index >= 15 is 0 Å². The zero-order chi connectivity index (χ0) is 41.6. The maximum atomic E-state index is 14.2. The van der Waals surface area contributed by atoms with Gasteiger partial charge >= 0.3 is 0 Å². The monoisotopic (exact) mass is 825 g/mol. The molecule has 5 saturated heterocycles. The number of nitrogens with one attached hydrogen (secondary N) is 3. The molecule has 18 heteroatoms. The molecule has 2 unspecified atom stereocenters. The number of rotatable bonds is 10. The quantitative estimate of drug-likeness (QED) is 0.133. The number of hydrogen-bond acceptors (Lipinski definition) is 14. The first-order chi connectivity index (χ1) is 28.3. The molecular formula is C41H51N11O6S. The van der Waals surface area contributed by atoms with Crippen LogP contribution in [-0.4, -0.2) is 130 Å². The van der Waals surface area contributed by atoms with E-state index in [9.17, 15) is 28.8 Å². The summed E-state index contributed by atoms with van der Waals surface area (Å²) in [4.78, 5) is 95.9. The second kappa shape index (κ2) is 16.4. The Bertz CT molecular complexity index is 2130. The fourth-order valence-corrected chi connectivity index (χ4v) is 10.1. The second-order valence-electron chi connectivity index (χ2n) is 16.8. The van der Waals surface area contributed by atoms with Crippen molar-refractivity contribution in [2.45, 2.75) is 76.8 Å². The van der Waals surface area contributed by atoms with E-state index in [0.717, 1.165) is 101 Å². The van der Waals surface area contributed by atoms with Gasteiger partial charge in [0, 0.05) is 63.1 Å². The highest BCUT2D eigenvalue weighted by Crippen LogP contribution is 2.44. The van der Waals surface area contributed by atoms with Crippen molar-refractivity contribution in [3.8, 4) is 0 Å². The van der Waals surface area contributed by atoms with Crippen molar-refractivity contribution in [1.29, 1.82) is 5.41 Å². The highest BCUT2D eigenvalue weighted by atomic mass is 32.1. The fraction of sp³-hybridized carbons (Fsp3) is 0.537. The number of nitrogens with two attached hydrogens (primary N) is 1. The molecule has 0 bridgehead atoms. The van der Waals surface area contributed by atoms with Gasteiger partial charge in [-0.15, -0.1) is 12.6 Å². The number of nitrogens with zero attached hydrogens (tertiary/aromatic N) is 7. The molecule has 17 nitrogen and oxygen atoms in total. The maximum Gasteiger partial charge on any atom is 0.271 e. The third-order valence-corrected chi connectivity index (χ3v) is 13.3. The Morgan fingerprint density at radius 3 is 2.42 bits per heavy atom. The number of allylic oxidation sites excluding steroid dienone is 1. The summed E-state index contributed by atoms with van der Waals surface area (Å²) in [5.74, 6) is -1.21. The van der Waals surface area contributed by atoms with Crippen LogP contribution in [0.1, 0.15) is 95.9 Å². The van der Waals surface area contributed by atoms with Gasteiger partial charge in [-0.1, -0.05) is 0 Å². The normalized spacial score (nSPS) is 24.2. The number of likely N-dealkylation sites (tertiary alicyclic amines) is 2. The molecular weight excluding hydrogens is 775 g/mol. The van der Waals surface area contributed by atoms with E-state index in [1.807, 2.05) is 6.07 Å². The highest BCUT2D eigenvalue weighted by molar-refractivity contribution is 7.84. The Morgan fingerprint density at radius 2 is 1.71 bits per heavy atom. The largest absolute Gasteiger partial charge is 0.371 e. The first-order valence-corrected chi connectivity index (χ1v) is 21.0. The molecule has 0 saturated carbocycles.